The molecule has 2 aromatic rings. The number of rotatable bonds is 13. The Morgan fingerprint density at radius 3 is 1.98 bits per heavy atom. The van der Waals surface area contributed by atoms with E-state index in [-0.39, 0.29) is 19.5 Å². The number of ether oxygens (including phenoxy) is 1. The monoisotopic (exact) mass is 583 g/mol. The molecular formula is C31H43N4O7-. The second-order valence-corrected chi connectivity index (χ2v) is 12.2. The number of aliphatic hydroxyl groups excluding tert-OH is 2. The van der Waals surface area contributed by atoms with Gasteiger partial charge in [0.2, 0.25) is 5.91 Å². The summed E-state index contributed by atoms with van der Waals surface area (Å²) in [6.45, 7) is 8.42. The predicted molar refractivity (Wildman–Crippen MR) is 155 cm³/mol. The second-order valence-electron chi connectivity index (χ2n) is 12.2. The molecule has 42 heavy (non-hydrogen) atoms. The minimum absolute atomic E-state index is 0.00927. The first-order chi connectivity index (χ1) is 19.7. The predicted octanol–water partition coefficient (Wildman–Crippen LogP) is 0.967. The van der Waals surface area contributed by atoms with Crippen LogP contribution in [0.3, 0.4) is 0 Å². The summed E-state index contributed by atoms with van der Waals surface area (Å²) in [5, 5.41) is 43.0. The van der Waals surface area contributed by atoms with E-state index < -0.39 is 59.6 Å². The van der Waals surface area contributed by atoms with Gasteiger partial charge in [-0.25, -0.2) is 4.79 Å². The molecule has 0 aromatic heterocycles. The summed E-state index contributed by atoms with van der Waals surface area (Å²) in [6.07, 6.45) is -3.74. The Labute approximate surface area is 247 Å². The van der Waals surface area contributed by atoms with E-state index in [0.717, 1.165) is 16.0 Å². The Morgan fingerprint density at radius 1 is 0.976 bits per heavy atom. The van der Waals surface area contributed by atoms with Crippen LogP contribution in [0.4, 0.5) is 9.59 Å². The number of aliphatic hydroxyl groups is 2. The molecule has 0 aliphatic carbocycles. The molecule has 0 radical (unpaired) electrons. The Balaban J connectivity index is 1.71. The van der Waals surface area contributed by atoms with Gasteiger partial charge in [-0.15, -0.1) is 0 Å². The summed E-state index contributed by atoms with van der Waals surface area (Å²) in [4.78, 5) is 38.2. The maximum atomic E-state index is 13.1. The van der Waals surface area contributed by atoms with Gasteiger partial charge in [-0.1, -0.05) is 60.7 Å². The van der Waals surface area contributed by atoms with Crippen LogP contribution in [0.15, 0.2) is 60.7 Å². The van der Waals surface area contributed by atoms with E-state index in [2.05, 4.69) is 16.0 Å². The molecule has 1 aliphatic heterocycles. The Hall–Kier alpha value is -3.67. The highest BCUT2D eigenvalue weighted by atomic mass is 16.6. The van der Waals surface area contributed by atoms with E-state index >= 15 is 0 Å². The molecule has 1 fully saturated rings. The maximum Gasteiger partial charge on any atom is 0.408 e. The standard InChI is InChI=1S/C31H44N4O7/c1-30(2,3)35(29(40)41)23(17-21-14-10-7-11-15-21)25(37)19-32-18-24(36)22(16-20-12-8-6-9-13-20)33-27(38)26-31(4,5)42-28(39)34-26/h6-15,22-26,32,36-37H,16-19H2,1-5H3,(H,33,38)(H,34,39)(H,40,41)/p-1/t22-,23-,24+,25+,26?/m0/s1. The largest absolute Gasteiger partial charge is 0.530 e. The topological polar surface area (TPSA) is 163 Å². The zero-order valence-corrected chi connectivity index (χ0v) is 24.9. The Bertz CT molecular complexity index is 1190. The van der Waals surface area contributed by atoms with Gasteiger partial charge in [-0.2, -0.15) is 0 Å². The van der Waals surface area contributed by atoms with Crippen LogP contribution in [0.2, 0.25) is 0 Å². The number of amides is 3. The van der Waals surface area contributed by atoms with Crippen molar-refractivity contribution in [3.05, 3.63) is 71.8 Å². The summed E-state index contributed by atoms with van der Waals surface area (Å²) in [5.74, 6) is -0.497. The van der Waals surface area contributed by atoms with Crippen LogP contribution in [-0.4, -0.2) is 87.8 Å². The second kappa shape index (κ2) is 14.0. The van der Waals surface area contributed by atoms with Crippen LogP contribution in [0, 0.1) is 0 Å². The third-order valence-corrected chi connectivity index (χ3v) is 7.36. The fourth-order valence-electron chi connectivity index (χ4n) is 5.24. The van der Waals surface area contributed by atoms with Crippen LogP contribution in [0.5, 0.6) is 0 Å². The highest BCUT2D eigenvalue weighted by molar-refractivity contribution is 5.89. The van der Waals surface area contributed by atoms with Gasteiger partial charge in [0.25, 0.3) is 0 Å². The lowest BCUT2D eigenvalue weighted by Crippen LogP contribution is -2.62. The molecule has 3 amide bonds. The summed E-state index contributed by atoms with van der Waals surface area (Å²) in [6, 6.07) is 16.1. The first-order valence-corrected chi connectivity index (χ1v) is 14.1. The number of carbonyl (C=O) groups excluding carboxylic acids is 3. The number of benzene rings is 2. The zero-order chi connectivity index (χ0) is 31.1. The molecular weight excluding hydrogens is 540 g/mol. The zero-order valence-electron chi connectivity index (χ0n) is 24.9. The molecule has 5 atom stereocenters. The molecule has 11 nitrogen and oxygen atoms in total. The first kappa shape index (κ1) is 32.8. The molecule has 11 heteroatoms. The number of hydrogen-bond acceptors (Lipinski definition) is 8. The lowest BCUT2D eigenvalue weighted by molar-refractivity contribution is -0.275. The average Bonchev–Trinajstić information content (AvgIpc) is 3.19. The number of hydrogen-bond donors (Lipinski definition) is 5. The first-order valence-electron chi connectivity index (χ1n) is 14.1. The minimum Gasteiger partial charge on any atom is -0.530 e. The van der Waals surface area contributed by atoms with E-state index in [9.17, 15) is 29.7 Å². The van der Waals surface area contributed by atoms with Gasteiger partial charge >= 0.3 is 6.09 Å². The quantitative estimate of drug-likeness (QED) is 0.233. The molecule has 1 unspecified atom stereocenters. The lowest BCUT2D eigenvalue weighted by Gasteiger charge is -2.45. The molecule has 0 spiro atoms. The normalized spacial score (nSPS) is 19.1. The van der Waals surface area contributed by atoms with E-state index in [1.165, 1.54) is 0 Å². The SMILES string of the molecule is CC1(C)OC(=O)NC1C(=O)N[C@@H](Cc1ccccc1)[C@H](O)CNC[C@@H](O)[C@H](Cc1ccccc1)N(C(=O)[O-])C(C)(C)C. The molecule has 5 N–H and O–H groups in total. The molecule has 0 bridgehead atoms. The van der Waals surface area contributed by atoms with Gasteiger partial charge < -0.3 is 45.7 Å². The Kier molecular flexibility index (Phi) is 10.9. The summed E-state index contributed by atoms with van der Waals surface area (Å²) >= 11 is 0. The van der Waals surface area contributed by atoms with Crippen molar-refractivity contribution in [2.75, 3.05) is 13.1 Å². The number of alkyl carbamates (subject to hydrolysis) is 1. The van der Waals surface area contributed by atoms with Crippen molar-refractivity contribution in [2.24, 2.45) is 0 Å². The number of nitrogens with zero attached hydrogens (tertiary/aromatic N) is 1. The maximum absolute atomic E-state index is 13.1. The fourth-order valence-corrected chi connectivity index (χ4v) is 5.24. The molecule has 3 rings (SSSR count). The smallest absolute Gasteiger partial charge is 0.408 e. The van der Waals surface area contributed by atoms with Crippen molar-refractivity contribution < 1.29 is 34.4 Å². The molecule has 230 valence electrons. The molecule has 1 saturated heterocycles. The van der Waals surface area contributed by atoms with Crippen molar-refractivity contribution in [1.82, 2.24) is 20.9 Å². The van der Waals surface area contributed by atoms with E-state index in [1.807, 2.05) is 60.7 Å². The van der Waals surface area contributed by atoms with Crippen molar-refractivity contribution in [3.8, 4) is 0 Å². The number of cyclic esters (lactones) is 1. The molecule has 1 aliphatic rings. The third-order valence-electron chi connectivity index (χ3n) is 7.36. The van der Waals surface area contributed by atoms with Crippen molar-refractivity contribution >= 4 is 18.1 Å². The van der Waals surface area contributed by atoms with Crippen LogP contribution in [0.25, 0.3) is 0 Å². The fraction of sp³-hybridized carbons (Fsp3) is 0.516. The molecule has 1 heterocycles. The van der Waals surface area contributed by atoms with E-state index in [1.54, 1.807) is 34.6 Å². The van der Waals surface area contributed by atoms with Crippen molar-refractivity contribution in [2.45, 2.75) is 88.9 Å². The number of carbonyl (C=O) groups is 3. The Morgan fingerprint density at radius 2 is 1.50 bits per heavy atom. The van der Waals surface area contributed by atoms with Crippen molar-refractivity contribution in [1.29, 1.82) is 0 Å². The summed E-state index contributed by atoms with van der Waals surface area (Å²) in [7, 11) is 0. The summed E-state index contributed by atoms with van der Waals surface area (Å²) < 4.78 is 5.20. The average molecular weight is 584 g/mol. The summed E-state index contributed by atoms with van der Waals surface area (Å²) in [5.41, 5.74) is -0.173. The highest BCUT2D eigenvalue weighted by Crippen LogP contribution is 2.23. The van der Waals surface area contributed by atoms with Gasteiger partial charge in [-0.3, -0.25) is 4.79 Å². The molecule has 0 saturated carbocycles. The van der Waals surface area contributed by atoms with Gasteiger partial charge in [0, 0.05) is 18.6 Å². The third kappa shape index (κ3) is 8.91. The van der Waals surface area contributed by atoms with Crippen molar-refractivity contribution in [3.63, 3.8) is 0 Å². The van der Waals surface area contributed by atoms with Crippen LogP contribution < -0.4 is 21.1 Å². The molecule has 2 aromatic carbocycles. The number of nitrogens with one attached hydrogen (secondary N) is 3. The van der Waals surface area contributed by atoms with Crippen LogP contribution in [0.1, 0.15) is 45.7 Å². The van der Waals surface area contributed by atoms with Gasteiger partial charge in [0.1, 0.15) is 11.7 Å². The van der Waals surface area contributed by atoms with Gasteiger partial charge in [0.15, 0.2) is 6.04 Å². The minimum atomic E-state index is -1.39. The highest BCUT2D eigenvalue weighted by Gasteiger charge is 2.46. The van der Waals surface area contributed by atoms with Crippen LogP contribution >= 0.6 is 0 Å². The van der Waals surface area contributed by atoms with Crippen LogP contribution in [-0.2, 0) is 22.4 Å². The van der Waals surface area contributed by atoms with Gasteiger partial charge in [-0.05, 0) is 58.6 Å². The lowest BCUT2D eigenvalue weighted by atomic mass is 9.94. The van der Waals surface area contributed by atoms with E-state index in [4.69, 9.17) is 4.74 Å². The van der Waals surface area contributed by atoms with E-state index in [0.29, 0.717) is 6.42 Å². The number of carboxylic acid groups (broad SMARTS) is 1. The van der Waals surface area contributed by atoms with Gasteiger partial charge in [0.05, 0.1) is 24.3 Å².